The zero-order valence-electron chi connectivity index (χ0n) is 8.85. The van der Waals surface area contributed by atoms with Crippen LogP contribution in [0, 0.1) is 0 Å². The summed E-state index contributed by atoms with van der Waals surface area (Å²) in [5.41, 5.74) is 2.08. The van der Waals surface area contributed by atoms with Gasteiger partial charge >= 0.3 is 0 Å². The molecular formula is C13H15NO. The van der Waals surface area contributed by atoms with Gasteiger partial charge in [-0.05, 0) is 31.9 Å². The third-order valence-corrected chi connectivity index (χ3v) is 2.47. The number of aliphatic hydroxyl groups is 1. The van der Waals surface area contributed by atoms with E-state index in [1.54, 1.807) is 6.92 Å². The number of nitrogens with zero attached hydrogens (tertiary/aromatic N) is 1. The van der Waals surface area contributed by atoms with Gasteiger partial charge in [-0.1, -0.05) is 24.3 Å². The van der Waals surface area contributed by atoms with Crippen molar-refractivity contribution in [2.45, 2.75) is 25.9 Å². The number of hydrogen-bond acceptors (Lipinski definition) is 2. The quantitative estimate of drug-likeness (QED) is 0.827. The van der Waals surface area contributed by atoms with Crippen molar-refractivity contribution in [3.8, 4) is 0 Å². The van der Waals surface area contributed by atoms with Crippen molar-refractivity contribution in [2.75, 3.05) is 0 Å². The maximum atomic E-state index is 9.20. The van der Waals surface area contributed by atoms with Crippen LogP contribution in [0.15, 0.2) is 36.4 Å². The van der Waals surface area contributed by atoms with Gasteiger partial charge in [0.15, 0.2) is 0 Å². The number of hydrogen-bond donors (Lipinski definition) is 1. The molecule has 1 atom stereocenters. The summed E-state index contributed by atoms with van der Waals surface area (Å²) >= 11 is 0. The lowest BCUT2D eigenvalue weighted by Gasteiger charge is -2.04. The van der Waals surface area contributed by atoms with E-state index in [4.69, 9.17) is 0 Å². The van der Waals surface area contributed by atoms with E-state index in [0.717, 1.165) is 24.1 Å². The number of aliphatic hydroxyl groups excluding tert-OH is 1. The van der Waals surface area contributed by atoms with Crippen LogP contribution in [-0.2, 0) is 6.42 Å². The molecule has 0 fully saturated rings. The van der Waals surface area contributed by atoms with E-state index in [0.29, 0.717) is 0 Å². The molecule has 0 aliphatic heterocycles. The molecule has 0 bridgehead atoms. The van der Waals surface area contributed by atoms with Crippen LogP contribution in [0.4, 0.5) is 0 Å². The fourth-order valence-corrected chi connectivity index (χ4v) is 1.60. The van der Waals surface area contributed by atoms with Crippen LogP contribution in [0.25, 0.3) is 10.9 Å². The summed E-state index contributed by atoms with van der Waals surface area (Å²) < 4.78 is 0. The minimum Gasteiger partial charge on any atom is -0.393 e. The molecule has 1 aromatic carbocycles. The summed E-state index contributed by atoms with van der Waals surface area (Å²) in [6.07, 6.45) is 1.35. The summed E-state index contributed by atoms with van der Waals surface area (Å²) in [6, 6.07) is 12.2. The standard InChI is InChI=1S/C13H15NO/c1-10(15)6-8-12-9-7-11-4-2-3-5-13(11)14-12/h2-5,7,9-10,15H,6,8H2,1H3. The number of aryl methyl sites for hydroxylation is 1. The predicted molar refractivity (Wildman–Crippen MR) is 61.7 cm³/mol. The van der Waals surface area contributed by atoms with Crippen molar-refractivity contribution in [2.24, 2.45) is 0 Å². The number of rotatable bonds is 3. The average Bonchev–Trinajstić information content (AvgIpc) is 2.26. The summed E-state index contributed by atoms with van der Waals surface area (Å²) in [6.45, 7) is 1.81. The molecule has 0 saturated carbocycles. The van der Waals surface area contributed by atoms with Crippen LogP contribution in [0.1, 0.15) is 19.0 Å². The predicted octanol–water partition coefficient (Wildman–Crippen LogP) is 2.55. The highest BCUT2D eigenvalue weighted by Crippen LogP contribution is 2.13. The van der Waals surface area contributed by atoms with Crippen LogP contribution >= 0.6 is 0 Å². The normalized spacial score (nSPS) is 12.9. The van der Waals surface area contributed by atoms with Gasteiger partial charge in [-0.25, -0.2) is 0 Å². The Morgan fingerprint density at radius 2 is 2.00 bits per heavy atom. The Morgan fingerprint density at radius 3 is 2.80 bits per heavy atom. The second-order valence-corrected chi connectivity index (χ2v) is 3.88. The number of benzene rings is 1. The molecule has 1 heterocycles. The largest absolute Gasteiger partial charge is 0.393 e. The number of aromatic nitrogens is 1. The van der Waals surface area contributed by atoms with Gasteiger partial charge in [0.2, 0.25) is 0 Å². The van der Waals surface area contributed by atoms with Crippen molar-refractivity contribution in [3.63, 3.8) is 0 Å². The molecular weight excluding hydrogens is 186 g/mol. The molecule has 0 radical (unpaired) electrons. The molecule has 1 aromatic heterocycles. The van der Waals surface area contributed by atoms with E-state index in [9.17, 15) is 5.11 Å². The molecule has 78 valence electrons. The number of fused-ring (bicyclic) bond motifs is 1. The van der Waals surface area contributed by atoms with E-state index < -0.39 is 0 Å². The zero-order valence-corrected chi connectivity index (χ0v) is 8.85. The van der Waals surface area contributed by atoms with Crippen LogP contribution in [-0.4, -0.2) is 16.2 Å². The molecule has 15 heavy (non-hydrogen) atoms. The lowest BCUT2D eigenvalue weighted by molar-refractivity contribution is 0.184. The molecule has 2 rings (SSSR count). The first-order valence-corrected chi connectivity index (χ1v) is 5.28. The number of pyridine rings is 1. The molecule has 2 nitrogen and oxygen atoms in total. The first-order chi connectivity index (χ1) is 7.25. The first kappa shape index (κ1) is 10.1. The maximum absolute atomic E-state index is 9.20. The van der Waals surface area contributed by atoms with Crippen LogP contribution in [0.5, 0.6) is 0 Å². The van der Waals surface area contributed by atoms with Crippen LogP contribution in [0.2, 0.25) is 0 Å². The van der Waals surface area contributed by atoms with Gasteiger partial charge in [-0.15, -0.1) is 0 Å². The van der Waals surface area contributed by atoms with Crippen LogP contribution in [0.3, 0.4) is 0 Å². The molecule has 0 saturated heterocycles. The smallest absolute Gasteiger partial charge is 0.0705 e. The fourth-order valence-electron chi connectivity index (χ4n) is 1.60. The highest BCUT2D eigenvalue weighted by Gasteiger charge is 2.00. The minimum atomic E-state index is -0.252. The lowest BCUT2D eigenvalue weighted by Crippen LogP contribution is -2.02. The molecule has 1 unspecified atom stereocenters. The van der Waals surface area contributed by atoms with Crippen molar-refractivity contribution < 1.29 is 5.11 Å². The molecule has 2 aromatic rings. The van der Waals surface area contributed by atoms with Gasteiger partial charge in [0.25, 0.3) is 0 Å². The summed E-state index contributed by atoms with van der Waals surface area (Å²) in [5.74, 6) is 0. The van der Waals surface area contributed by atoms with Gasteiger partial charge in [0, 0.05) is 11.1 Å². The molecule has 0 aliphatic carbocycles. The van der Waals surface area contributed by atoms with Crippen molar-refractivity contribution in [1.82, 2.24) is 4.98 Å². The second kappa shape index (κ2) is 4.41. The summed E-state index contributed by atoms with van der Waals surface area (Å²) in [7, 11) is 0. The first-order valence-electron chi connectivity index (χ1n) is 5.28. The van der Waals surface area contributed by atoms with Gasteiger partial charge in [-0.2, -0.15) is 0 Å². The SMILES string of the molecule is CC(O)CCc1ccc2ccccc2n1. The van der Waals surface area contributed by atoms with E-state index in [2.05, 4.69) is 17.1 Å². The molecule has 0 spiro atoms. The monoisotopic (exact) mass is 201 g/mol. The Labute approximate surface area is 89.6 Å². The zero-order chi connectivity index (χ0) is 10.7. The fraction of sp³-hybridized carbons (Fsp3) is 0.308. The van der Waals surface area contributed by atoms with Crippen molar-refractivity contribution >= 4 is 10.9 Å². The van der Waals surface area contributed by atoms with Gasteiger partial charge < -0.3 is 5.11 Å². The summed E-state index contributed by atoms with van der Waals surface area (Å²) in [5, 5.41) is 10.4. The second-order valence-electron chi connectivity index (χ2n) is 3.88. The molecule has 0 aliphatic rings. The highest BCUT2D eigenvalue weighted by molar-refractivity contribution is 5.78. The third kappa shape index (κ3) is 2.54. The Morgan fingerprint density at radius 1 is 1.20 bits per heavy atom. The van der Waals surface area contributed by atoms with Gasteiger partial charge in [0.1, 0.15) is 0 Å². The van der Waals surface area contributed by atoms with Crippen molar-refractivity contribution in [1.29, 1.82) is 0 Å². The topological polar surface area (TPSA) is 33.1 Å². The Bertz CT molecular complexity index is 451. The minimum absolute atomic E-state index is 0.252. The van der Waals surface area contributed by atoms with E-state index in [1.807, 2.05) is 24.3 Å². The number of para-hydroxylation sites is 1. The third-order valence-electron chi connectivity index (χ3n) is 2.47. The van der Waals surface area contributed by atoms with Crippen LogP contribution < -0.4 is 0 Å². The molecule has 2 heteroatoms. The summed E-state index contributed by atoms with van der Waals surface area (Å²) in [4.78, 5) is 4.54. The Hall–Kier alpha value is -1.41. The van der Waals surface area contributed by atoms with Gasteiger partial charge in [0.05, 0.1) is 11.6 Å². The molecule has 1 N–H and O–H groups in total. The van der Waals surface area contributed by atoms with E-state index >= 15 is 0 Å². The maximum Gasteiger partial charge on any atom is 0.0705 e. The highest BCUT2D eigenvalue weighted by atomic mass is 16.3. The van der Waals surface area contributed by atoms with Gasteiger partial charge in [-0.3, -0.25) is 4.98 Å². The Kier molecular flexibility index (Phi) is 2.97. The van der Waals surface area contributed by atoms with E-state index in [1.165, 1.54) is 5.39 Å². The van der Waals surface area contributed by atoms with Crippen molar-refractivity contribution in [3.05, 3.63) is 42.1 Å². The lowest BCUT2D eigenvalue weighted by atomic mass is 10.1. The van der Waals surface area contributed by atoms with E-state index in [-0.39, 0.29) is 6.10 Å². The molecule has 0 amide bonds. The average molecular weight is 201 g/mol. The Balaban J connectivity index is 2.23.